The second-order valence-corrected chi connectivity index (χ2v) is 7.49. The van der Waals surface area contributed by atoms with Crippen LogP contribution in [0.3, 0.4) is 0 Å². The Morgan fingerprint density at radius 1 is 1.30 bits per heavy atom. The summed E-state index contributed by atoms with van der Waals surface area (Å²) in [5.41, 5.74) is 0.905. The number of fused-ring (bicyclic) bond motifs is 1. The number of nitrogens with one attached hydrogen (secondary N) is 1. The highest BCUT2D eigenvalue weighted by atomic mass is 16.1. The van der Waals surface area contributed by atoms with Crippen LogP contribution in [0.15, 0.2) is 12.3 Å². The van der Waals surface area contributed by atoms with Crippen molar-refractivity contribution in [2.45, 2.75) is 44.4 Å². The lowest BCUT2D eigenvalue weighted by atomic mass is 9.38. The van der Waals surface area contributed by atoms with Gasteiger partial charge in [0, 0.05) is 18.5 Å². The summed E-state index contributed by atoms with van der Waals surface area (Å²) in [5.74, 6) is 4.47. The number of hydrogen-bond donors (Lipinski definition) is 1. The van der Waals surface area contributed by atoms with Gasteiger partial charge in [-0.1, -0.05) is 0 Å². The van der Waals surface area contributed by atoms with E-state index in [-0.39, 0.29) is 11.3 Å². The molecule has 1 spiro atoms. The smallest absolute Gasteiger partial charge is 0.222 e. The quantitative estimate of drug-likeness (QED) is 0.897. The van der Waals surface area contributed by atoms with Crippen LogP contribution in [-0.4, -0.2) is 15.9 Å². The maximum atomic E-state index is 11.2. The SMILES string of the molecule is CC(=O)Nc1ccnc(C23CC4CC5CC(C2)C54C3)n1. The van der Waals surface area contributed by atoms with Gasteiger partial charge in [0.1, 0.15) is 11.6 Å². The molecule has 4 saturated carbocycles. The van der Waals surface area contributed by atoms with E-state index in [4.69, 9.17) is 0 Å². The van der Waals surface area contributed by atoms with Gasteiger partial charge in [-0.2, -0.15) is 0 Å². The lowest BCUT2D eigenvalue weighted by Gasteiger charge is -2.66. The summed E-state index contributed by atoms with van der Waals surface area (Å²) in [6.07, 6.45) is 8.57. The predicted octanol–water partition coefficient (Wildman–Crippen LogP) is 2.51. The van der Waals surface area contributed by atoms with Crippen LogP contribution in [0, 0.1) is 23.2 Å². The molecule has 0 saturated heterocycles. The van der Waals surface area contributed by atoms with Gasteiger partial charge in [0.2, 0.25) is 5.91 Å². The van der Waals surface area contributed by atoms with Crippen molar-refractivity contribution in [3.63, 3.8) is 0 Å². The van der Waals surface area contributed by atoms with Crippen molar-refractivity contribution in [1.82, 2.24) is 9.97 Å². The molecule has 2 atom stereocenters. The zero-order valence-corrected chi connectivity index (χ0v) is 11.7. The van der Waals surface area contributed by atoms with Crippen LogP contribution in [-0.2, 0) is 10.2 Å². The molecule has 1 aromatic rings. The molecule has 104 valence electrons. The fourth-order valence-corrected chi connectivity index (χ4v) is 6.20. The molecule has 4 heteroatoms. The van der Waals surface area contributed by atoms with Gasteiger partial charge < -0.3 is 5.32 Å². The number of anilines is 1. The van der Waals surface area contributed by atoms with E-state index in [0.29, 0.717) is 11.2 Å². The summed E-state index contributed by atoms with van der Waals surface area (Å²) in [7, 11) is 0. The Hall–Kier alpha value is -1.45. The van der Waals surface area contributed by atoms with E-state index in [1.807, 2.05) is 0 Å². The van der Waals surface area contributed by atoms with Crippen LogP contribution < -0.4 is 5.32 Å². The Morgan fingerprint density at radius 3 is 2.65 bits per heavy atom. The summed E-state index contributed by atoms with van der Waals surface area (Å²) < 4.78 is 0. The van der Waals surface area contributed by atoms with Crippen LogP contribution in [0.1, 0.15) is 44.9 Å². The van der Waals surface area contributed by atoms with Gasteiger partial charge in [-0.15, -0.1) is 0 Å². The molecule has 1 amide bonds. The molecule has 2 bridgehead atoms. The number of rotatable bonds is 2. The number of carbonyl (C=O) groups is 1. The monoisotopic (exact) mass is 269 g/mol. The van der Waals surface area contributed by atoms with Crippen molar-refractivity contribution in [3.8, 4) is 0 Å². The first-order chi connectivity index (χ1) is 9.62. The van der Waals surface area contributed by atoms with E-state index < -0.39 is 0 Å². The molecule has 0 radical (unpaired) electrons. The topological polar surface area (TPSA) is 54.9 Å². The van der Waals surface area contributed by atoms with Crippen molar-refractivity contribution in [1.29, 1.82) is 0 Å². The predicted molar refractivity (Wildman–Crippen MR) is 74.0 cm³/mol. The van der Waals surface area contributed by atoms with Gasteiger partial charge in [0.25, 0.3) is 0 Å². The van der Waals surface area contributed by atoms with Gasteiger partial charge in [-0.3, -0.25) is 4.79 Å². The second-order valence-electron chi connectivity index (χ2n) is 7.49. The highest BCUT2D eigenvalue weighted by Gasteiger charge is 2.78. The summed E-state index contributed by atoms with van der Waals surface area (Å²) in [6, 6.07) is 1.79. The summed E-state index contributed by atoms with van der Waals surface area (Å²) >= 11 is 0. The van der Waals surface area contributed by atoms with Gasteiger partial charge in [0.05, 0.1) is 0 Å². The standard InChI is InChI=1S/C16H19N3O/c1-9(20)18-13-2-3-17-14(19-13)15-6-11-4-10-5-12(7-15)16(10,11)8-15/h2-3,10-12H,4-8H2,1H3,(H,17,18,19,20). The van der Waals surface area contributed by atoms with Gasteiger partial charge in [-0.05, 0) is 61.3 Å². The van der Waals surface area contributed by atoms with Crippen LogP contribution in [0.2, 0.25) is 0 Å². The molecule has 1 aromatic heterocycles. The minimum atomic E-state index is -0.0659. The lowest BCUT2D eigenvalue weighted by Crippen LogP contribution is -2.59. The number of hydrogen-bond acceptors (Lipinski definition) is 3. The number of aromatic nitrogens is 2. The average molecular weight is 269 g/mol. The number of amides is 1. The van der Waals surface area contributed by atoms with Crippen LogP contribution in [0.25, 0.3) is 0 Å². The summed E-state index contributed by atoms with van der Waals surface area (Å²) in [6.45, 7) is 1.52. The summed E-state index contributed by atoms with van der Waals surface area (Å²) in [4.78, 5) is 20.5. The number of carbonyl (C=O) groups excluding carboxylic acids is 1. The fourth-order valence-electron chi connectivity index (χ4n) is 6.20. The highest BCUT2D eigenvalue weighted by Crippen LogP contribution is 2.84. The molecule has 4 fully saturated rings. The van der Waals surface area contributed by atoms with Gasteiger partial charge >= 0.3 is 0 Å². The minimum Gasteiger partial charge on any atom is -0.311 e. The fraction of sp³-hybridized carbons (Fsp3) is 0.688. The van der Waals surface area contributed by atoms with Crippen LogP contribution in [0.4, 0.5) is 5.82 Å². The second kappa shape index (κ2) is 3.23. The molecule has 1 N–H and O–H groups in total. The Balaban J connectivity index is 1.53. The molecule has 0 aromatic carbocycles. The van der Waals surface area contributed by atoms with E-state index in [0.717, 1.165) is 23.6 Å². The van der Waals surface area contributed by atoms with E-state index >= 15 is 0 Å². The first-order valence-corrected chi connectivity index (χ1v) is 7.73. The third kappa shape index (κ3) is 1.09. The maximum absolute atomic E-state index is 11.2. The zero-order chi connectivity index (χ0) is 13.5. The average Bonchev–Trinajstić information content (AvgIpc) is 2.85. The van der Waals surface area contributed by atoms with Crippen molar-refractivity contribution in [2.24, 2.45) is 23.2 Å². The van der Waals surface area contributed by atoms with E-state index in [9.17, 15) is 4.79 Å². The molecule has 2 unspecified atom stereocenters. The Labute approximate surface area is 118 Å². The van der Waals surface area contributed by atoms with Crippen molar-refractivity contribution in [3.05, 3.63) is 18.1 Å². The van der Waals surface area contributed by atoms with E-state index in [1.165, 1.54) is 39.0 Å². The van der Waals surface area contributed by atoms with Crippen LogP contribution >= 0.6 is 0 Å². The minimum absolute atomic E-state index is 0.0659. The highest BCUT2D eigenvalue weighted by molar-refractivity contribution is 5.87. The van der Waals surface area contributed by atoms with Crippen molar-refractivity contribution < 1.29 is 4.79 Å². The first kappa shape index (κ1) is 11.2. The largest absolute Gasteiger partial charge is 0.311 e. The molecule has 4 aliphatic carbocycles. The Morgan fingerprint density at radius 2 is 2.05 bits per heavy atom. The normalized spacial score (nSPS) is 46.4. The molecule has 4 nitrogen and oxygen atoms in total. The molecular weight excluding hydrogens is 250 g/mol. The maximum Gasteiger partial charge on any atom is 0.222 e. The van der Waals surface area contributed by atoms with E-state index in [1.54, 1.807) is 12.3 Å². The molecule has 1 heterocycles. The molecule has 20 heavy (non-hydrogen) atoms. The van der Waals surface area contributed by atoms with E-state index in [2.05, 4.69) is 15.3 Å². The molecule has 5 rings (SSSR count). The Kier molecular flexibility index (Phi) is 1.82. The summed E-state index contributed by atoms with van der Waals surface area (Å²) in [5, 5.41) is 2.79. The third-order valence-corrected chi connectivity index (χ3v) is 6.77. The zero-order valence-electron chi connectivity index (χ0n) is 11.7. The van der Waals surface area contributed by atoms with Gasteiger partial charge in [-0.25, -0.2) is 9.97 Å². The first-order valence-electron chi connectivity index (χ1n) is 7.73. The molecular formula is C16H19N3O. The lowest BCUT2D eigenvalue weighted by molar-refractivity contribution is -0.175. The third-order valence-electron chi connectivity index (χ3n) is 6.77. The van der Waals surface area contributed by atoms with Crippen molar-refractivity contribution in [2.75, 3.05) is 5.32 Å². The molecule has 4 aliphatic rings. The van der Waals surface area contributed by atoms with Crippen LogP contribution in [0.5, 0.6) is 0 Å². The van der Waals surface area contributed by atoms with Gasteiger partial charge in [0.15, 0.2) is 0 Å². The van der Waals surface area contributed by atoms with Crippen molar-refractivity contribution >= 4 is 11.7 Å². The Bertz CT molecular complexity index is 610. The number of nitrogens with zero attached hydrogens (tertiary/aromatic N) is 2. The molecule has 0 aliphatic heterocycles.